The van der Waals surface area contributed by atoms with E-state index in [9.17, 15) is 18.0 Å². The van der Waals surface area contributed by atoms with Crippen LogP contribution in [0.5, 0.6) is 0 Å². The quantitative estimate of drug-likeness (QED) is 0.683. The maximum absolute atomic E-state index is 13.1. The van der Waals surface area contributed by atoms with Crippen LogP contribution in [0.1, 0.15) is 15.9 Å². The third-order valence-electron chi connectivity index (χ3n) is 3.37. The predicted molar refractivity (Wildman–Crippen MR) is 74.1 cm³/mol. The van der Waals surface area contributed by atoms with Gasteiger partial charge in [-0.3, -0.25) is 4.79 Å². The zero-order valence-electron chi connectivity index (χ0n) is 10.7. The second kappa shape index (κ2) is 4.77. The van der Waals surface area contributed by atoms with Crippen LogP contribution >= 0.6 is 0 Å². The topological polar surface area (TPSA) is 32.9 Å². The highest BCUT2D eigenvalue weighted by atomic mass is 19.4. The van der Waals surface area contributed by atoms with Gasteiger partial charge in [-0.2, -0.15) is 13.2 Å². The SMILES string of the molecule is O=Cc1c(-c2ccccc2C(F)(F)F)[nH]c2ccccc12. The highest BCUT2D eigenvalue weighted by Crippen LogP contribution is 2.39. The predicted octanol–water partition coefficient (Wildman–Crippen LogP) is 4.67. The zero-order valence-corrected chi connectivity index (χ0v) is 10.7. The minimum atomic E-state index is -4.48. The molecule has 5 heteroatoms. The molecule has 21 heavy (non-hydrogen) atoms. The number of halogens is 3. The summed E-state index contributed by atoms with van der Waals surface area (Å²) in [6.07, 6.45) is -3.89. The van der Waals surface area contributed by atoms with E-state index < -0.39 is 11.7 Å². The van der Waals surface area contributed by atoms with E-state index in [1.807, 2.05) is 0 Å². The van der Waals surface area contributed by atoms with Gasteiger partial charge < -0.3 is 4.98 Å². The van der Waals surface area contributed by atoms with Crippen LogP contribution in [0.25, 0.3) is 22.2 Å². The van der Waals surface area contributed by atoms with E-state index in [2.05, 4.69) is 4.98 Å². The van der Waals surface area contributed by atoms with E-state index in [4.69, 9.17) is 0 Å². The third kappa shape index (κ3) is 2.20. The fourth-order valence-corrected chi connectivity index (χ4v) is 2.45. The normalized spacial score (nSPS) is 11.8. The lowest BCUT2D eigenvalue weighted by molar-refractivity contribution is -0.137. The standard InChI is InChI=1S/C16H10F3NO/c17-16(18,19)13-7-3-1-6-11(13)15-12(9-21)10-5-2-4-8-14(10)20-15/h1-9,20H. The number of carbonyl (C=O) groups excluding carboxylic acids is 1. The van der Waals surface area contributed by atoms with Gasteiger partial charge in [-0.05, 0) is 12.1 Å². The largest absolute Gasteiger partial charge is 0.417 e. The molecule has 1 N–H and O–H groups in total. The number of para-hydroxylation sites is 1. The lowest BCUT2D eigenvalue weighted by Crippen LogP contribution is -2.07. The van der Waals surface area contributed by atoms with Gasteiger partial charge in [0.05, 0.1) is 11.3 Å². The molecule has 0 bridgehead atoms. The van der Waals surface area contributed by atoms with Crippen LogP contribution in [0.4, 0.5) is 13.2 Å². The molecular weight excluding hydrogens is 279 g/mol. The summed E-state index contributed by atoms with van der Waals surface area (Å²) in [7, 11) is 0. The van der Waals surface area contributed by atoms with Crippen molar-refractivity contribution in [1.82, 2.24) is 4.98 Å². The minimum Gasteiger partial charge on any atom is -0.354 e. The number of hydrogen-bond acceptors (Lipinski definition) is 1. The van der Waals surface area contributed by atoms with Crippen LogP contribution in [-0.2, 0) is 6.18 Å². The summed E-state index contributed by atoms with van der Waals surface area (Å²) in [5.74, 6) is 0. The van der Waals surface area contributed by atoms with E-state index in [1.165, 1.54) is 18.2 Å². The molecule has 0 radical (unpaired) electrons. The van der Waals surface area contributed by atoms with Crippen LogP contribution in [0.3, 0.4) is 0 Å². The second-order valence-corrected chi connectivity index (χ2v) is 4.62. The van der Waals surface area contributed by atoms with Gasteiger partial charge in [-0.1, -0.05) is 36.4 Å². The Morgan fingerprint density at radius 3 is 2.33 bits per heavy atom. The molecule has 1 aromatic heterocycles. The highest BCUT2D eigenvalue weighted by molar-refractivity contribution is 6.04. The number of H-pyrrole nitrogens is 1. The van der Waals surface area contributed by atoms with Crippen molar-refractivity contribution in [1.29, 1.82) is 0 Å². The summed E-state index contributed by atoms with van der Waals surface area (Å²) < 4.78 is 39.4. The number of carbonyl (C=O) groups is 1. The van der Waals surface area contributed by atoms with Gasteiger partial charge in [0.25, 0.3) is 0 Å². The number of alkyl halides is 3. The molecule has 0 saturated carbocycles. The fourth-order valence-electron chi connectivity index (χ4n) is 2.45. The van der Waals surface area contributed by atoms with Crippen LogP contribution in [0, 0.1) is 0 Å². The van der Waals surface area contributed by atoms with Gasteiger partial charge in [0.2, 0.25) is 0 Å². The van der Waals surface area contributed by atoms with Crippen molar-refractivity contribution in [2.45, 2.75) is 6.18 Å². The zero-order chi connectivity index (χ0) is 15.0. The molecule has 3 aromatic rings. The van der Waals surface area contributed by atoms with Gasteiger partial charge in [-0.25, -0.2) is 0 Å². The van der Waals surface area contributed by atoms with Crippen molar-refractivity contribution in [2.24, 2.45) is 0 Å². The first-order valence-electron chi connectivity index (χ1n) is 6.25. The van der Waals surface area contributed by atoms with Crippen molar-refractivity contribution < 1.29 is 18.0 Å². The lowest BCUT2D eigenvalue weighted by atomic mass is 10.0. The van der Waals surface area contributed by atoms with Crippen LogP contribution in [0.2, 0.25) is 0 Å². The summed E-state index contributed by atoms with van der Waals surface area (Å²) >= 11 is 0. The number of aldehydes is 1. The highest BCUT2D eigenvalue weighted by Gasteiger charge is 2.34. The summed E-state index contributed by atoms with van der Waals surface area (Å²) in [5.41, 5.74) is 0.274. The van der Waals surface area contributed by atoms with Crippen LogP contribution in [-0.4, -0.2) is 11.3 Å². The minimum absolute atomic E-state index is 0.0247. The smallest absolute Gasteiger partial charge is 0.354 e. The average Bonchev–Trinajstić information content (AvgIpc) is 2.84. The molecule has 0 amide bonds. The molecule has 0 atom stereocenters. The Labute approximate surface area is 118 Å². The summed E-state index contributed by atoms with van der Waals surface area (Å²) in [5, 5.41) is 0.611. The van der Waals surface area contributed by atoms with E-state index in [0.717, 1.165) is 6.07 Å². The Balaban J connectivity index is 2.34. The Kier molecular flexibility index (Phi) is 3.05. The number of benzene rings is 2. The van der Waals surface area contributed by atoms with Crippen LogP contribution in [0.15, 0.2) is 48.5 Å². The molecule has 0 aliphatic rings. The van der Waals surface area contributed by atoms with Gasteiger partial charge in [0.15, 0.2) is 6.29 Å². The second-order valence-electron chi connectivity index (χ2n) is 4.62. The number of rotatable bonds is 2. The Bertz CT molecular complexity index is 818. The first-order chi connectivity index (χ1) is 10.0. The first-order valence-corrected chi connectivity index (χ1v) is 6.25. The first kappa shape index (κ1) is 13.4. The molecule has 0 saturated heterocycles. The Morgan fingerprint density at radius 1 is 0.952 bits per heavy atom. The maximum atomic E-state index is 13.1. The molecule has 2 nitrogen and oxygen atoms in total. The average molecular weight is 289 g/mol. The number of nitrogens with one attached hydrogen (secondary N) is 1. The molecule has 2 aromatic carbocycles. The number of aromatic nitrogens is 1. The summed E-state index contributed by atoms with van der Waals surface area (Å²) in [6.45, 7) is 0. The van der Waals surface area contributed by atoms with Crippen molar-refractivity contribution in [3.05, 3.63) is 59.7 Å². The molecular formula is C16H10F3NO. The van der Waals surface area contributed by atoms with Gasteiger partial charge >= 0.3 is 6.18 Å². The number of hydrogen-bond donors (Lipinski definition) is 1. The summed E-state index contributed by atoms with van der Waals surface area (Å²) in [6, 6.07) is 12.1. The van der Waals surface area contributed by atoms with Crippen molar-refractivity contribution in [2.75, 3.05) is 0 Å². The molecule has 106 valence electrons. The van der Waals surface area contributed by atoms with Gasteiger partial charge in [-0.15, -0.1) is 0 Å². The van der Waals surface area contributed by atoms with Gasteiger partial charge in [0.1, 0.15) is 0 Å². The number of fused-ring (bicyclic) bond motifs is 1. The maximum Gasteiger partial charge on any atom is 0.417 e. The molecule has 3 rings (SSSR count). The fraction of sp³-hybridized carbons (Fsp3) is 0.0625. The van der Waals surface area contributed by atoms with E-state index in [0.29, 0.717) is 17.2 Å². The van der Waals surface area contributed by atoms with Crippen molar-refractivity contribution >= 4 is 17.2 Å². The number of aromatic amines is 1. The summed E-state index contributed by atoms with van der Waals surface area (Å²) in [4.78, 5) is 14.2. The van der Waals surface area contributed by atoms with Gasteiger partial charge in [0, 0.05) is 22.0 Å². The lowest BCUT2D eigenvalue weighted by Gasteiger charge is -2.12. The van der Waals surface area contributed by atoms with Crippen molar-refractivity contribution in [3.63, 3.8) is 0 Å². The molecule has 0 fully saturated rings. The van der Waals surface area contributed by atoms with E-state index >= 15 is 0 Å². The van der Waals surface area contributed by atoms with Crippen LogP contribution < -0.4 is 0 Å². The third-order valence-corrected chi connectivity index (χ3v) is 3.37. The van der Waals surface area contributed by atoms with Crippen molar-refractivity contribution in [3.8, 4) is 11.3 Å². The Morgan fingerprint density at radius 2 is 1.62 bits per heavy atom. The molecule has 0 aliphatic carbocycles. The Hall–Kier alpha value is -2.56. The van der Waals surface area contributed by atoms with E-state index in [-0.39, 0.29) is 16.8 Å². The molecule has 0 unspecified atom stereocenters. The van der Waals surface area contributed by atoms with E-state index in [1.54, 1.807) is 24.3 Å². The molecule has 0 aliphatic heterocycles. The molecule has 0 spiro atoms. The monoisotopic (exact) mass is 289 g/mol. The molecule has 1 heterocycles.